The largest absolute Gasteiger partial charge is 0.497 e. The summed E-state index contributed by atoms with van der Waals surface area (Å²) in [7, 11) is 3.22. The lowest BCUT2D eigenvalue weighted by Gasteiger charge is -2.22. The third-order valence-electron chi connectivity index (χ3n) is 5.20. The molecule has 1 saturated heterocycles. The second-order valence-electron chi connectivity index (χ2n) is 6.89. The Kier molecular flexibility index (Phi) is 4.48. The highest BCUT2D eigenvalue weighted by molar-refractivity contribution is 6.02. The molecule has 0 bridgehead atoms. The minimum absolute atomic E-state index is 0.0363. The van der Waals surface area contributed by atoms with Gasteiger partial charge >= 0.3 is 0 Å². The van der Waals surface area contributed by atoms with E-state index >= 15 is 0 Å². The number of amides is 1. The predicted octanol–water partition coefficient (Wildman–Crippen LogP) is 3.11. The fourth-order valence-corrected chi connectivity index (χ4v) is 3.69. The molecular formula is C21H22N2O4. The third-order valence-corrected chi connectivity index (χ3v) is 5.20. The summed E-state index contributed by atoms with van der Waals surface area (Å²) in [4.78, 5) is 20.6. The zero-order valence-electron chi connectivity index (χ0n) is 15.5. The van der Waals surface area contributed by atoms with Crippen molar-refractivity contribution in [2.24, 2.45) is 5.16 Å². The van der Waals surface area contributed by atoms with Gasteiger partial charge in [0.25, 0.3) is 5.91 Å². The number of likely N-dealkylation sites (tertiary alicyclic amines) is 1. The fraction of sp³-hybridized carbons (Fsp3) is 0.333. The van der Waals surface area contributed by atoms with Crippen molar-refractivity contribution in [1.82, 2.24) is 4.90 Å². The molecule has 1 atom stereocenters. The number of benzene rings is 2. The van der Waals surface area contributed by atoms with Crippen molar-refractivity contribution in [2.75, 3.05) is 27.3 Å². The molecule has 0 saturated carbocycles. The number of ether oxygens (including phenoxy) is 2. The molecule has 6 nitrogen and oxygen atoms in total. The van der Waals surface area contributed by atoms with Crippen LogP contribution in [0.4, 0.5) is 0 Å². The molecule has 2 aliphatic rings. The first-order chi connectivity index (χ1) is 13.1. The van der Waals surface area contributed by atoms with Crippen LogP contribution in [-0.4, -0.2) is 49.4 Å². The average molecular weight is 366 g/mol. The molecule has 2 aliphatic heterocycles. The topological polar surface area (TPSA) is 60.4 Å². The quantitative estimate of drug-likeness (QED) is 0.834. The summed E-state index contributed by atoms with van der Waals surface area (Å²) in [6.45, 7) is 1.16. The predicted molar refractivity (Wildman–Crippen MR) is 101 cm³/mol. The second kappa shape index (κ2) is 6.95. The first kappa shape index (κ1) is 17.4. The van der Waals surface area contributed by atoms with Crippen LogP contribution >= 0.6 is 0 Å². The molecule has 2 aromatic carbocycles. The van der Waals surface area contributed by atoms with Crippen LogP contribution in [0, 0.1) is 0 Å². The fourth-order valence-electron chi connectivity index (χ4n) is 3.69. The maximum Gasteiger partial charge on any atom is 0.257 e. The highest BCUT2D eigenvalue weighted by Crippen LogP contribution is 2.36. The van der Waals surface area contributed by atoms with Crippen LogP contribution in [0.5, 0.6) is 11.5 Å². The zero-order valence-corrected chi connectivity index (χ0v) is 15.5. The van der Waals surface area contributed by atoms with E-state index in [9.17, 15) is 4.79 Å². The highest BCUT2D eigenvalue weighted by Gasteiger charge is 2.47. The van der Waals surface area contributed by atoms with E-state index in [0.29, 0.717) is 30.8 Å². The van der Waals surface area contributed by atoms with Gasteiger partial charge in [0.1, 0.15) is 11.5 Å². The Balaban J connectivity index is 1.46. The smallest absolute Gasteiger partial charge is 0.257 e. The van der Waals surface area contributed by atoms with E-state index in [1.165, 1.54) is 0 Å². The standard InChI is InChI=1S/C21H22N2O4/c1-25-16-9-7-15(8-10-16)18-13-21(27-22-18)11-12-23(14-21)20(24)17-5-3-4-6-19(17)26-2/h3-10H,11-14H2,1-2H3. The van der Waals surface area contributed by atoms with Gasteiger partial charge < -0.3 is 19.2 Å². The van der Waals surface area contributed by atoms with Crippen LogP contribution in [0.1, 0.15) is 28.8 Å². The zero-order chi connectivity index (χ0) is 18.9. The summed E-state index contributed by atoms with van der Waals surface area (Å²) in [5.41, 5.74) is 2.06. The Morgan fingerprint density at radius 1 is 1.11 bits per heavy atom. The van der Waals surface area contributed by atoms with Crippen molar-refractivity contribution in [1.29, 1.82) is 0 Å². The third kappa shape index (κ3) is 3.23. The summed E-state index contributed by atoms with van der Waals surface area (Å²) in [5, 5.41) is 4.31. The van der Waals surface area contributed by atoms with Gasteiger partial charge in [-0.3, -0.25) is 4.79 Å². The summed E-state index contributed by atoms with van der Waals surface area (Å²) in [6.07, 6.45) is 1.45. The van der Waals surface area contributed by atoms with E-state index in [4.69, 9.17) is 14.3 Å². The lowest BCUT2D eigenvalue weighted by Crippen LogP contribution is -2.36. The molecule has 2 heterocycles. The summed E-state index contributed by atoms with van der Waals surface area (Å²) >= 11 is 0. The maximum absolute atomic E-state index is 12.9. The monoisotopic (exact) mass is 366 g/mol. The highest BCUT2D eigenvalue weighted by atomic mass is 16.7. The summed E-state index contributed by atoms with van der Waals surface area (Å²) < 4.78 is 10.5. The number of rotatable bonds is 4. The van der Waals surface area contributed by atoms with Crippen molar-refractivity contribution < 1.29 is 19.1 Å². The molecule has 4 rings (SSSR count). The Hall–Kier alpha value is -3.02. The van der Waals surface area contributed by atoms with Gasteiger partial charge in [-0.2, -0.15) is 0 Å². The lowest BCUT2D eigenvalue weighted by atomic mass is 9.93. The van der Waals surface area contributed by atoms with E-state index < -0.39 is 5.60 Å². The van der Waals surface area contributed by atoms with E-state index in [2.05, 4.69) is 5.16 Å². The van der Waals surface area contributed by atoms with Gasteiger partial charge in [-0.05, 0) is 42.0 Å². The van der Waals surface area contributed by atoms with Gasteiger partial charge in [-0.15, -0.1) is 0 Å². The number of carbonyl (C=O) groups excluding carboxylic acids is 1. The summed E-state index contributed by atoms with van der Waals surface area (Å²) in [6, 6.07) is 15.1. The number of para-hydroxylation sites is 1. The first-order valence-corrected chi connectivity index (χ1v) is 8.96. The molecule has 1 amide bonds. The second-order valence-corrected chi connectivity index (χ2v) is 6.89. The average Bonchev–Trinajstić information content (AvgIpc) is 3.34. The molecule has 1 spiro atoms. The van der Waals surface area contributed by atoms with E-state index in [1.54, 1.807) is 26.4 Å². The van der Waals surface area contributed by atoms with Crippen LogP contribution in [0.2, 0.25) is 0 Å². The lowest BCUT2D eigenvalue weighted by molar-refractivity contribution is -0.00919. The molecule has 0 aliphatic carbocycles. The molecular weight excluding hydrogens is 344 g/mol. The van der Waals surface area contributed by atoms with Crippen LogP contribution in [0.15, 0.2) is 53.7 Å². The molecule has 1 fully saturated rings. The van der Waals surface area contributed by atoms with Gasteiger partial charge in [0, 0.05) is 19.4 Å². The number of oxime groups is 1. The van der Waals surface area contributed by atoms with E-state index in [1.807, 2.05) is 41.3 Å². The SMILES string of the molecule is COc1ccc(C2=NOC3(CCN(C(=O)c4ccccc4OC)C3)C2)cc1. The molecule has 2 aromatic rings. The number of methoxy groups -OCH3 is 2. The summed E-state index contributed by atoms with van der Waals surface area (Å²) in [5.74, 6) is 1.36. The minimum Gasteiger partial charge on any atom is -0.497 e. The number of nitrogens with zero attached hydrogens (tertiary/aromatic N) is 2. The Morgan fingerprint density at radius 2 is 1.89 bits per heavy atom. The van der Waals surface area contributed by atoms with Gasteiger partial charge in [0.2, 0.25) is 0 Å². The molecule has 0 N–H and O–H groups in total. The van der Waals surface area contributed by atoms with Gasteiger partial charge in [-0.25, -0.2) is 0 Å². The molecule has 27 heavy (non-hydrogen) atoms. The van der Waals surface area contributed by atoms with Crippen LogP contribution in [0.3, 0.4) is 0 Å². The van der Waals surface area contributed by atoms with Crippen LogP contribution in [-0.2, 0) is 4.84 Å². The van der Waals surface area contributed by atoms with Crippen LogP contribution < -0.4 is 9.47 Å². The number of hydrogen-bond donors (Lipinski definition) is 0. The maximum atomic E-state index is 12.9. The van der Waals surface area contributed by atoms with Crippen molar-refractivity contribution in [3.8, 4) is 11.5 Å². The number of carbonyl (C=O) groups is 1. The van der Waals surface area contributed by atoms with Crippen LogP contribution in [0.25, 0.3) is 0 Å². The molecule has 140 valence electrons. The van der Waals surface area contributed by atoms with Crippen molar-refractivity contribution in [3.05, 3.63) is 59.7 Å². The van der Waals surface area contributed by atoms with Crippen molar-refractivity contribution >= 4 is 11.6 Å². The molecule has 1 unspecified atom stereocenters. The number of hydrogen-bond acceptors (Lipinski definition) is 5. The van der Waals surface area contributed by atoms with Crippen molar-refractivity contribution in [2.45, 2.75) is 18.4 Å². The Bertz CT molecular complexity index is 878. The molecule has 6 heteroatoms. The Labute approximate surface area is 158 Å². The van der Waals surface area contributed by atoms with Gasteiger partial charge in [0.15, 0.2) is 5.60 Å². The van der Waals surface area contributed by atoms with Crippen molar-refractivity contribution in [3.63, 3.8) is 0 Å². The minimum atomic E-state index is -0.438. The van der Waals surface area contributed by atoms with E-state index in [-0.39, 0.29) is 5.91 Å². The molecule has 0 aromatic heterocycles. The van der Waals surface area contributed by atoms with Gasteiger partial charge in [0.05, 0.1) is 32.0 Å². The van der Waals surface area contributed by atoms with Gasteiger partial charge in [-0.1, -0.05) is 17.3 Å². The molecule has 0 radical (unpaired) electrons. The Morgan fingerprint density at radius 3 is 2.63 bits per heavy atom. The van der Waals surface area contributed by atoms with E-state index in [0.717, 1.165) is 23.4 Å². The normalized spacial score (nSPS) is 21.1. The first-order valence-electron chi connectivity index (χ1n) is 8.96.